The largest absolute Gasteiger partial charge is 0.447 e. The second-order valence-corrected chi connectivity index (χ2v) is 5.24. The minimum Gasteiger partial charge on any atom is -0.447 e. The van der Waals surface area contributed by atoms with Crippen molar-refractivity contribution < 1.29 is 18.4 Å². The molecule has 1 atom stereocenters. The van der Waals surface area contributed by atoms with Gasteiger partial charge in [-0.05, 0) is 47.1 Å². The maximum absolute atomic E-state index is 11.9. The Kier molecular flexibility index (Phi) is 4.06. The first kappa shape index (κ1) is 14.5. The number of benzene rings is 1. The highest BCUT2D eigenvalue weighted by Crippen LogP contribution is 2.23. The summed E-state index contributed by atoms with van der Waals surface area (Å²) >= 11 is 3.13. The highest BCUT2D eigenvalue weighted by molar-refractivity contribution is 9.10. The summed E-state index contributed by atoms with van der Waals surface area (Å²) in [4.78, 5) is 11.9. The van der Waals surface area contributed by atoms with Crippen molar-refractivity contribution in [1.82, 2.24) is 10.2 Å². The summed E-state index contributed by atoms with van der Waals surface area (Å²) in [6, 6.07) is 12.5. The van der Waals surface area contributed by atoms with Gasteiger partial charge in [-0.15, -0.1) is 10.2 Å². The van der Waals surface area contributed by atoms with Crippen molar-refractivity contribution >= 4 is 21.9 Å². The van der Waals surface area contributed by atoms with Crippen LogP contribution >= 0.6 is 15.9 Å². The normalized spacial score (nSPS) is 12.1. The molecule has 0 aliphatic rings. The van der Waals surface area contributed by atoms with E-state index in [-0.39, 0.29) is 11.7 Å². The molecule has 3 rings (SSSR count). The van der Waals surface area contributed by atoms with Crippen LogP contribution in [0, 0.1) is 0 Å². The predicted molar refractivity (Wildman–Crippen MR) is 80.0 cm³/mol. The molecule has 0 fully saturated rings. The van der Waals surface area contributed by atoms with Gasteiger partial charge in [-0.25, -0.2) is 4.79 Å². The summed E-state index contributed by atoms with van der Waals surface area (Å²) in [7, 11) is 0. The first-order valence-corrected chi connectivity index (χ1v) is 7.28. The lowest BCUT2D eigenvalue weighted by Gasteiger charge is -2.07. The monoisotopic (exact) mass is 362 g/mol. The third-order valence-corrected chi connectivity index (χ3v) is 3.29. The van der Waals surface area contributed by atoms with E-state index in [1.165, 1.54) is 6.07 Å². The van der Waals surface area contributed by atoms with Gasteiger partial charge in [0.2, 0.25) is 11.7 Å². The highest BCUT2D eigenvalue weighted by Gasteiger charge is 2.21. The standard InChI is InChI=1S/C15H11BrN2O4/c1-9(20-15(19)11-7-8-12(16)21-11)13-17-18-14(22-13)10-5-3-2-4-6-10/h2-9H,1H3/t9-/m1/s1. The fraction of sp³-hybridized carbons (Fsp3) is 0.133. The topological polar surface area (TPSA) is 78.4 Å². The third-order valence-electron chi connectivity index (χ3n) is 2.87. The average molecular weight is 363 g/mol. The zero-order chi connectivity index (χ0) is 15.5. The lowest BCUT2D eigenvalue weighted by Crippen LogP contribution is -2.08. The summed E-state index contributed by atoms with van der Waals surface area (Å²) in [5.74, 6) is 0.0938. The van der Waals surface area contributed by atoms with Gasteiger partial charge in [0.1, 0.15) is 0 Å². The van der Waals surface area contributed by atoms with E-state index in [4.69, 9.17) is 13.6 Å². The van der Waals surface area contributed by atoms with Crippen molar-refractivity contribution in [2.45, 2.75) is 13.0 Å². The Hall–Kier alpha value is -2.41. The summed E-state index contributed by atoms with van der Waals surface area (Å²) < 4.78 is 16.4. The third kappa shape index (κ3) is 3.09. The molecular weight excluding hydrogens is 352 g/mol. The van der Waals surface area contributed by atoms with Crippen molar-refractivity contribution in [3.63, 3.8) is 0 Å². The van der Waals surface area contributed by atoms with E-state index in [1.807, 2.05) is 30.3 Å². The Morgan fingerprint density at radius 2 is 1.91 bits per heavy atom. The van der Waals surface area contributed by atoms with E-state index in [9.17, 15) is 4.79 Å². The highest BCUT2D eigenvalue weighted by atomic mass is 79.9. The lowest BCUT2D eigenvalue weighted by molar-refractivity contribution is 0.0243. The van der Waals surface area contributed by atoms with Gasteiger partial charge in [-0.1, -0.05) is 18.2 Å². The number of ether oxygens (including phenoxy) is 1. The zero-order valence-electron chi connectivity index (χ0n) is 11.5. The minimum absolute atomic E-state index is 0.0986. The Morgan fingerprint density at radius 1 is 1.14 bits per heavy atom. The van der Waals surface area contributed by atoms with Gasteiger partial charge in [0.25, 0.3) is 5.89 Å². The Balaban J connectivity index is 1.72. The number of hydrogen-bond donors (Lipinski definition) is 0. The van der Waals surface area contributed by atoms with E-state index in [0.29, 0.717) is 10.6 Å². The quantitative estimate of drug-likeness (QED) is 0.652. The maximum atomic E-state index is 11.9. The molecule has 0 aliphatic carbocycles. The van der Waals surface area contributed by atoms with Crippen molar-refractivity contribution in [2.75, 3.05) is 0 Å². The van der Waals surface area contributed by atoms with Crippen molar-refractivity contribution in [1.29, 1.82) is 0 Å². The summed E-state index contributed by atoms with van der Waals surface area (Å²) in [6.07, 6.45) is -0.679. The molecule has 0 aliphatic heterocycles. The number of nitrogens with zero attached hydrogens (tertiary/aromatic N) is 2. The molecule has 6 nitrogen and oxygen atoms in total. The molecule has 0 bridgehead atoms. The molecule has 22 heavy (non-hydrogen) atoms. The molecule has 0 saturated heterocycles. The van der Waals surface area contributed by atoms with Crippen LogP contribution in [0.2, 0.25) is 0 Å². The SMILES string of the molecule is C[C@@H](OC(=O)c1ccc(Br)o1)c1nnc(-c2ccccc2)o1. The molecule has 0 N–H and O–H groups in total. The van der Waals surface area contributed by atoms with E-state index < -0.39 is 12.1 Å². The van der Waals surface area contributed by atoms with Gasteiger partial charge in [0.15, 0.2) is 10.8 Å². The van der Waals surface area contributed by atoms with Gasteiger partial charge in [0, 0.05) is 5.56 Å². The van der Waals surface area contributed by atoms with E-state index in [2.05, 4.69) is 26.1 Å². The minimum atomic E-state index is -0.679. The number of halogens is 1. The average Bonchev–Trinajstić information content (AvgIpc) is 3.17. The second-order valence-electron chi connectivity index (χ2n) is 4.46. The second kappa shape index (κ2) is 6.15. The predicted octanol–water partition coefficient (Wildman–Crippen LogP) is 4.01. The Bertz CT molecular complexity index is 782. The molecule has 0 spiro atoms. The van der Waals surface area contributed by atoms with Crippen molar-refractivity contribution in [3.05, 3.63) is 58.8 Å². The van der Waals surface area contributed by atoms with Crippen LogP contribution in [0.5, 0.6) is 0 Å². The van der Waals surface area contributed by atoms with Gasteiger partial charge in [-0.2, -0.15) is 0 Å². The molecule has 0 amide bonds. The van der Waals surface area contributed by atoms with Crippen LogP contribution in [0.4, 0.5) is 0 Å². The molecule has 112 valence electrons. The molecular formula is C15H11BrN2O4. The van der Waals surface area contributed by atoms with Crippen LogP contribution in [0.25, 0.3) is 11.5 Å². The number of hydrogen-bond acceptors (Lipinski definition) is 6. The van der Waals surface area contributed by atoms with Crippen LogP contribution in [0.3, 0.4) is 0 Å². The Morgan fingerprint density at radius 3 is 2.59 bits per heavy atom. The van der Waals surface area contributed by atoms with Crippen molar-refractivity contribution in [3.8, 4) is 11.5 Å². The molecule has 2 heterocycles. The van der Waals surface area contributed by atoms with Gasteiger partial charge >= 0.3 is 5.97 Å². The number of aromatic nitrogens is 2. The molecule has 2 aromatic heterocycles. The molecule has 0 radical (unpaired) electrons. The van der Waals surface area contributed by atoms with E-state index in [0.717, 1.165) is 5.56 Å². The van der Waals surface area contributed by atoms with E-state index in [1.54, 1.807) is 13.0 Å². The first-order chi connectivity index (χ1) is 10.6. The van der Waals surface area contributed by atoms with E-state index >= 15 is 0 Å². The first-order valence-electron chi connectivity index (χ1n) is 6.48. The Labute approximate surface area is 134 Å². The zero-order valence-corrected chi connectivity index (χ0v) is 13.1. The van der Waals surface area contributed by atoms with Gasteiger partial charge in [-0.3, -0.25) is 0 Å². The molecule has 7 heteroatoms. The van der Waals surface area contributed by atoms with Crippen molar-refractivity contribution in [2.24, 2.45) is 0 Å². The van der Waals surface area contributed by atoms with Gasteiger partial charge in [0.05, 0.1) is 0 Å². The van der Waals surface area contributed by atoms with Gasteiger partial charge < -0.3 is 13.6 Å². The van der Waals surface area contributed by atoms with Crippen LogP contribution < -0.4 is 0 Å². The molecule has 1 aromatic carbocycles. The number of esters is 1. The lowest BCUT2D eigenvalue weighted by atomic mass is 10.2. The molecule has 3 aromatic rings. The summed E-state index contributed by atoms with van der Waals surface area (Å²) in [5.41, 5.74) is 0.801. The molecule has 0 saturated carbocycles. The fourth-order valence-electron chi connectivity index (χ4n) is 1.79. The number of furan rings is 1. The van der Waals surface area contributed by atoms with Crippen LogP contribution in [-0.2, 0) is 4.74 Å². The number of rotatable bonds is 4. The maximum Gasteiger partial charge on any atom is 0.375 e. The number of carbonyl (C=O) groups is 1. The van der Waals surface area contributed by atoms with Crippen LogP contribution in [0.15, 0.2) is 56.0 Å². The smallest absolute Gasteiger partial charge is 0.375 e. The number of carbonyl (C=O) groups excluding carboxylic acids is 1. The summed E-state index contributed by atoms with van der Waals surface area (Å²) in [6.45, 7) is 1.65. The van der Waals surface area contributed by atoms with Crippen LogP contribution in [-0.4, -0.2) is 16.2 Å². The summed E-state index contributed by atoms with van der Waals surface area (Å²) in [5, 5.41) is 7.86. The molecule has 0 unspecified atom stereocenters. The van der Waals surface area contributed by atoms with Crippen LogP contribution in [0.1, 0.15) is 29.5 Å². The fourth-order valence-corrected chi connectivity index (χ4v) is 2.10.